The van der Waals surface area contributed by atoms with Crippen molar-refractivity contribution in [3.8, 4) is 0 Å². The van der Waals surface area contributed by atoms with Gasteiger partial charge in [0.15, 0.2) is 0 Å². The molecule has 0 spiro atoms. The second kappa shape index (κ2) is 7.34. The number of piperazine rings is 1. The van der Waals surface area contributed by atoms with Gasteiger partial charge in [0.1, 0.15) is 0 Å². The molecule has 1 heterocycles. The molecule has 1 aliphatic heterocycles. The Morgan fingerprint density at radius 2 is 2.12 bits per heavy atom. The second-order valence-electron chi connectivity index (χ2n) is 5.88. The van der Waals surface area contributed by atoms with E-state index in [4.69, 9.17) is 4.74 Å². The summed E-state index contributed by atoms with van der Waals surface area (Å²) >= 11 is 0. The summed E-state index contributed by atoms with van der Waals surface area (Å²) in [7, 11) is 1.79. The van der Waals surface area contributed by atoms with Crippen LogP contribution in [0, 0.1) is 0 Å². The minimum absolute atomic E-state index is 0.269. The standard InChI is InChI=1S/C14H30N2O/c1-5-8-13-11-15-14(2,3)12-16(13)9-6-7-10-17-4/h13,15H,5-12H2,1-4H3. The normalized spacial score (nSPS) is 25.1. The highest BCUT2D eigenvalue weighted by Gasteiger charge is 2.31. The molecule has 1 N–H and O–H groups in total. The first-order valence-electron chi connectivity index (χ1n) is 7.07. The molecule has 0 saturated carbocycles. The van der Waals surface area contributed by atoms with Gasteiger partial charge >= 0.3 is 0 Å². The van der Waals surface area contributed by atoms with Crippen molar-refractivity contribution in [3.63, 3.8) is 0 Å². The first-order valence-corrected chi connectivity index (χ1v) is 7.07. The number of unbranched alkanes of at least 4 members (excludes halogenated alkanes) is 1. The molecule has 0 aromatic rings. The summed E-state index contributed by atoms with van der Waals surface area (Å²) in [5.74, 6) is 0. The molecule has 1 atom stereocenters. The fraction of sp³-hybridized carbons (Fsp3) is 1.00. The van der Waals surface area contributed by atoms with Crippen molar-refractivity contribution >= 4 is 0 Å². The van der Waals surface area contributed by atoms with Gasteiger partial charge in [0.25, 0.3) is 0 Å². The molecule has 0 aliphatic carbocycles. The van der Waals surface area contributed by atoms with Crippen molar-refractivity contribution in [2.45, 2.75) is 58.0 Å². The van der Waals surface area contributed by atoms with Crippen LogP contribution in [0.1, 0.15) is 46.5 Å². The highest BCUT2D eigenvalue weighted by molar-refractivity contribution is 4.91. The van der Waals surface area contributed by atoms with Gasteiger partial charge in [-0.1, -0.05) is 13.3 Å². The predicted molar refractivity (Wildman–Crippen MR) is 73.5 cm³/mol. The molecule has 0 bridgehead atoms. The molecule has 1 rings (SSSR count). The predicted octanol–water partition coefficient (Wildman–Crippen LogP) is 2.27. The van der Waals surface area contributed by atoms with E-state index >= 15 is 0 Å². The monoisotopic (exact) mass is 242 g/mol. The summed E-state index contributed by atoms with van der Waals surface area (Å²) in [5.41, 5.74) is 0.269. The molecule has 3 heteroatoms. The fourth-order valence-corrected chi connectivity index (χ4v) is 2.66. The van der Waals surface area contributed by atoms with Gasteiger partial charge in [-0.15, -0.1) is 0 Å². The van der Waals surface area contributed by atoms with Crippen LogP contribution in [0.4, 0.5) is 0 Å². The zero-order valence-corrected chi connectivity index (χ0v) is 12.1. The molecular weight excluding hydrogens is 212 g/mol. The lowest BCUT2D eigenvalue weighted by molar-refractivity contribution is 0.0847. The molecule has 0 aromatic carbocycles. The summed E-state index contributed by atoms with van der Waals surface area (Å²) in [6.45, 7) is 11.3. The van der Waals surface area contributed by atoms with E-state index in [0.717, 1.165) is 19.2 Å². The maximum absolute atomic E-state index is 5.12. The Morgan fingerprint density at radius 3 is 2.76 bits per heavy atom. The smallest absolute Gasteiger partial charge is 0.0462 e. The second-order valence-corrected chi connectivity index (χ2v) is 5.88. The molecule has 1 unspecified atom stereocenters. The average molecular weight is 242 g/mol. The van der Waals surface area contributed by atoms with E-state index in [0.29, 0.717) is 0 Å². The van der Waals surface area contributed by atoms with Gasteiger partial charge in [-0.2, -0.15) is 0 Å². The van der Waals surface area contributed by atoms with E-state index in [1.807, 2.05) is 0 Å². The van der Waals surface area contributed by atoms with Crippen LogP contribution < -0.4 is 5.32 Å². The van der Waals surface area contributed by atoms with Crippen LogP contribution in [-0.2, 0) is 4.74 Å². The Bertz CT molecular complexity index is 206. The van der Waals surface area contributed by atoms with Crippen LogP contribution in [0.3, 0.4) is 0 Å². The Balaban J connectivity index is 2.37. The lowest BCUT2D eigenvalue weighted by Gasteiger charge is -2.44. The summed E-state index contributed by atoms with van der Waals surface area (Å²) in [6.07, 6.45) is 5.03. The van der Waals surface area contributed by atoms with Gasteiger partial charge in [0, 0.05) is 38.4 Å². The number of hydrogen-bond acceptors (Lipinski definition) is 3. The Kier molecular flexibility index (Phi) is 6.45. The molecule has 0 amide bonds. The van der Waals surface area contributed by atoms with Crippen molar-refractivity contribution in [2.24, 2.45) is 0 Å². The molecule has 0 aromatic heterocycles. The van der Waals surface area contributed by atoms with Gasteiger partial charge in [-0.05, 0) is 39.7 Å². The SMILES string of the molecule is CCCC1CNC(C)(C)CN1CCCCOC. The van der Waals surface area contributed by atoms with Crippen LogP contribution in [0.5, 0.6) is 0 Å². The summed E-state index contributed by atoms with van der Waals surface area (Å²) in [4.78, 5) is 2.68. The number of hydrogen-bond donors (Lipinski definition) is 1. The number of nitrogens with zero attached hydrogens (tertiary/aromatic N) is 1. The summed E-state index contributed by atoms with van der Waals surface area (Å²) in [5, 5.41) is 3.66. The van der Waals surface area contributed by atoms with Crippen LogP contribution in [0.2, 0.25) is 0 Å². The number of nitrogens with one attached hydrogen (secondary N) is 1. The molecule has 17 heavy (non-hydrogen) atoms. The molecule has 0 radical (unpaired) electrons. The van der Waals surface area contributed by atoms with E-state index in [2.05, 4.69) is 31.0 Å². The maximum Gasteiger partial charge on any atom is 0.0462 e. The van der Waals surface area contributed by atoms with Crippen LogP contribution >= 0.6 is 0 Å². The maximum atomic E-state index is 5.12. The van der Waals surface area contributed by atoms with E-state index in [1.165, 1.54) is 38.8 Å². The third-order valence-corrected chi connectivity index (χ3v) is 3.60. The number of methoxy groups -OCH3 is 1. The third-order valence-electron chi connectivity index (χ3n) is 3.60. The fourth-order valence-electron chi connectivity index (χ4n) is 2.66. The number of rotatable bonds is 7. The van der Waals surface area contributed by atoms with Gasteiger partial charge in [-0.3, -0.25) is 4.90 Å². The minimum atomic E-state index is 0.269. The third kappa shape index (κ3) is 5.36. The van der Waals surface area contributed by atoms with Crippen molar-refractivity contribution in [1.29, 1.82) is 0 Å². The van der Waals surface area contributed by atoms with E-state index in [-0.39, 0.29) is 5.54 Å². The minimum Gasteiger partial charge on any atom is -0.385 e. The highest BCUT2D eigenvalue weighted by Crippen LogP contribution is 2.18. The Morgan fingerprint density at radius 1 is 1.35 bits per heavy atom. The van der Waals surface area contributed by atoms with Crippen LogP contribution in [-0.4, -0.2) is 49.8 Å². The van der Waals surface area contributed by atoms with Crippen molar-refractivity contribution in [2.75, 3.05) is 33.4 Å². The van der Waals surface area contributed by atoms with Gasteiger partial charge in [0.05, 0.1) is 0 Å². The summed E-state index contributed by atoms with van der Waals surface area (Å²) in [6, 6.07) is 0.732. The Hall–Kier alpha value is -0.120. The molecule has 102 valence electrons. The zero-order valence-electron chi connectivity index (χ0n) is 12.1. The van der Waals surface area contributed by atoms with E-state index < -0.39 is 0 Å². The first kappa shape index (κ1) is 14.9. The van der Waals surface area contributed by atoms with Gasteiger partial charge < -0.3 is 10.1 Å². The largest absolute Gasteiger partial charge is 0.385 e. The average Bonchev–Trinajstić information content (AvgIpc) is 2.27. The topological polar surface area (TPSA) is 24.5 Å². The lowest BCUT2D eigenvalue weighted by atomic mass is 9.96. The van der Waals surface area contributed by atoms with Crippen molar-refractivity contribution in [3.05, 3.63) is 0 Å². The quantitative estimate of drug-likeness (QED) is 0.693. The van der Waals surface area contributed by atoms with E-state index in [9.17, 15) is 0 Å². The van der Waals surface area contributed by atoms with Gasteiger partial charge in [0.2, 0.25) is 0 Å². The summed E-state index contributed by atoms with van der Waals surface area (Å²) < 4.78 is 5.12. The van der Waals surface area contributed by atoms with Crippen LogP contribution in [0.15, 0.2) is 0 Å². The van der Waals surface area contributed by atoms with Crippen LogP contribution in [0.25, 0.3) is 0 Å². The molecule has 1 fully saturated rings. The number of ether oxygens (including phenoxy) is 1. The van der Waals surface area contributed by atoms with Crippen molar-refractivity contribution in [1.82, 2.24) is 10.2 Å². The van der Waals surface area contributed by atoms with Crippen molar-refractivity contribution < 1.29 is 4.74 Å². The molecular formula is C14H30N2O. The Labute approximate surface area is 107 Å². The highest BCUT2D eigenvalue weighted by atomic mass is 16.5. The zero-order chi connectivity index (χ0) is 12.7. The first-order chi connectivity index (χ1) is 8.09. The molecule has 3 nitrogen and oxygen atoms in total. The van der Waals surface area contributed by atoms with Gasteiger partial charge in [-0.25, -0.2) is 0 Å². The molecule has 1 aliphatic rings. The lowest BCUT2D eigenvalue weighted by Crippen LogP contribution is -2.61. The molecule has 1 saturated heterocycles. The van der Waals surface area contributed by atoms with E-state index in [1.54, 1.807) is 7.11 Å².